The minimum atomic E-state index is -4.63. The van der Waals surface area contributed by atoms with Crippen LogP contribution in [0.5, 0.6) is 0 Å². The summed E-state index contributed by atoms with van der Waals surface area (Å²) in [4.78, 5) is 20.4. The maximum Gasteiger partial charge on any atom is 0.451 e. The first-order chi connectivity index (χ1) is 10.9. The van der Waals surface area contributed by atoms with Crippen molar-refractivity contribution < 1.29 is 18.0 Å². The van der Waals surface area contributed by atoms with Gasteiger partial charge in [-0.2, -0.15) is 13.2 Å². The van der Waals surface area contributed by atoms with Gasteiger partial charge in [-0.1, -0.05) is 12.1 Å². The van der Waals surface area contributed by atoms with Crippen molar-refractivity contribution in [3.8, 4) is 0 Å². The van der Waals surface area contributed by atoms with Crippen LogP contribution < -0.4 is 10.6 Å². The van der Waals surface area contributed by atoms with Gasteiger partial charge in [0.2, 0.25) is 11.7 Å². The fourth-order valence-corrected chi connectivity index (χ4v) is 2.83. The third-order valence-corrected chi connectivity index (χ3v) is 3.96. The SMILES string of the molecule is NC(=O)[C@H]1CCCN(c2nc(C(F)(F)F)nc3ccccc23)C1. The molecule has 122 valence electrons. The number of anilines is 1. The lowest BCUT2D eigenvalue weighted by atomic mass is 9.97. The normalized spacial score (nSPS) is 19.1. The average molecular weight is 324 g/mol. The summed E-state index contributed by atoms with van der Waals surface area (Å²) in [5.41, 5.74) is 5.57. The molecule has 0 bridgehead atoms. The maximum absolute atomic E-state index is 13.1. The fraction of sp³-hybridized carbons (Fsp3) is 0.400. The zero-order chi connectivity index (χ0) is 16.6. The van der Waals surface area contributed by atoms with E-state index in [0.29, 0.717) is 24.8 Å². The van der Waals surface area contributed by atoms with Gasteiger partial charge in [0.25, 0.3) is 0 Å². The molecule has 0 aliphatic carbocycles. The number of carbonyl (C=O) groups excluding carboxylic acids is 1. The van der Waals surface area contributed by atoms with Gasteiger partial charge in [0, 0.05) is 18.5 Å². The quantitative estimate of drug-likeness (QED) is 0.920. The Morgan fingerprint density at radius 3 is 2.70 bits per heavy atom. The second kappa shape index (κ2) is 5.68. The Balaban J connectivity index is 2.10. The highest BCUT2D eigenvalue weighted by Gasteiger charge is 2.36. The highest BCUT2D eigenvalue weighted by atomic mass is 19.4. The van der Waals surface area contributed by atoms with Crippen molar-refractivity contribution in [2.24, 2.45) is 11.7 Å². The number of nitrogens with zero attached hydrogens (tertiary/aromatic N) is 3. The predicted molar refractivity (Wildman–Crippen MR) is 78.7 cm³/mol. The maximum atomic E-state index is 13.1. The van der Waals surface area contributed by atoms with Crippen molar-refractivity contribution in [1.29, 1.82) is 0 Å². The van der Waals surface area contributed by atoms with Gasteiger partial charge in [0.15, 0.2) is 0 Å². The van der Waals surface area contributed by atoms with E-state index >= 15 is 0 Å². The Morgan fingerprint density at radius 2 is 2.00 bits per heavy atom. The number of carbonyl (C=O) groups is 1. The molecule has 8 heteroatoms. The average Bonchev–Trinajstić information content (AvgIpc) is 2.53. The Labute approximate surface area is 130 Å². The molecule has 1 fully saturated rings. The van der Waals surface area contributed by atoms with Crippen LogP contribution in [0.1, 0.15) is 18.7 Å². The van der Waals surface area contributed by atoms with Crippen molar-refractivity contribution in [3.63, 3.8) is 0 Å². The number of para-hydroxylation sites is 1. The van der Waals surface area contributed by atoms with Gasteiger partial charge in [-0.05, 0) is 25.0 Å². The number of piperidine rings is 1. The number of nitrogens with two attached hydrogens (primary N) is 1. The molecule has 1 aromatic heterocycles. The summed E-state index contributed by atoms with van der Waals surface area (Å²) in [7, 11) is 0. The Morgan fingerprint density at radius 1 is 1.26 bits per heavy atom. The summed E-state index contributed by atoms with van der Waals surface area (Å²) >= 11 is 0. The van der Waals surface area contributed by atoms with Gasteiger partial charge in [0.1, 0.15) is 5.82 Å². The van der Waals surface area contributed by atoms with Crippen molar-refractivity contribution in [3.05, 3.63) is 30.1 Å². The highest BCUT2D eigenvalue weighted by molar-refractivity contribution is 5.90. The summed E-state index contributed by atoms with van der Waals surface area (Å²) in [5.74, 6) is -1.79. The lowest BCUT2D eigenvalue weighted by Crippen LogP contribution is -2.41. The topological polar surface area (TPSA) is 72.1 Å². The second-order valence-electron chi connectivity index (χ2n) is 5.57. The van der Waals surface area contributed by atoms with E-state index < -0.39 is 17.9 Å². The molecule has 5 nitrogen and oxygen atoms in total. The zero-order valence-electron chi connectivity index (χ0n) is 12.2. The Kier molecular flexibility index (Phi) is 3.83. The number of hydrogen-bond donors (Lipinski definition) is 1. The van der Waals surface area contributed by atoms with Crippen LogP contribution in [0.4, 0.5) is 19.0 Å². The number of rotatable bonds is 2. The molecule has 2 N–H and O–H groups in total. The number of fused-ring (bicyclic) bond motifs is 1. The zero-order valence-corrected chi connectivity index (χ0v) is 12.2. The van der Waals surface area contributed by atoms with Crippen LogP contribution in [0, 0.1) is 5.92 Å². The Bertz CT molecular complexity index is 747. The van der Waals surface area contributed by atoms with Crippen LogP contribution in [0.15, 0.2) is 24.3 Å². The Hall–Kier alpha value is -2.38. The van der Waals surface area contributed by atoms with Crippen molar-refractivity contribution >= 4 is 22.6 Å². The number of primary amides is 1. The predicted octanol–water partition coefficient (Wildman–Crippen LogP) is 2.35. The lowest BCUT2D eigenvalue weighted by Gasteiger charge is -2.33. The molecule has 23 heavy (non-hydrogen) atoms. The highest BCUT2D eigenvalue weighted by Crippen LogP contribution is 2.33. The van der Waals surface area contributed by atoms with Gasteiger partial charge < -0.3 is 10.6 Å². The molecule has 1 atom stereocenters. The van der Waals surface area contributed by atoms with E-state index in [2.05, 4.69) is 9.97 Å². The molecule has 1 aromatic carbocycles. The lowest BCUT2D eigenvalue weighted by molar-refractivity contribution is -0.144. The van der Waals surface area contributed by atoms with E-state index in [1.807, 2.05) is 0 Å². The first-order valence-corrected chi connectivity index (χ1v) is 7.24. The number of amides is 1. The van der Waals surface area contributed by atoms with E-state index in [4.69, 9.17) is 5.73 Å². The minimum absolute atomic E-state index is 0.203. The van der Waals surface area contributed by atoms with E-state index in [-0.39, 0.29) is 23.8 Å². The molecule has 2 heterocycles. The first-order valence-electron chi connectivity index (χ1n) is 7.24. The summed E-state index contributed by atoms with van der Waals surface area (Å²) < 4.78 is 39.2. The van der Waals surface area contributed by atoms with E-state index in [0.717, 1.165) is 0 Å². The van der Waals surface area contributed by atoms with Gasteiger partial charge >= 0.3 is 6.18 Å². The van der Waals surface area contributed by atoms with Gasteiger partial charge in [-0.25, -0.2) is 9.97 Å². The van der Waals surface area contributed by atoms with Gasteiger partial charge in [0.05, 0.1) is 11.4 Å². The van der Waals surface area contributed by atoms with Crippen molar-refractivity contribution in [1.82, 2.24) is 9.97 Å². The summed E-state index contributed by atoms with van der Waals surface area (Å²) in [6, 6.07) is 6.55. The molecule has 0 unspecified atom stereocenters. The largest absolute Gasteiger partial charge is 0.451 e. The van der Waals surface area contributed by atoms with Crippen LogP contribution in [-0.4, -0.2) is 29.0 Å². The van der Waals surface area contributed by atoms with E-state index in [1.54, 1.807) is 23.1 Å². The third kappa shape index (κ3) is 3.06. The molecular weight excluding hydrogens is 309 g/mol. The van der Waals surface area contributed by atoms with Crippen molar-refractivity contribution in [2.75, 3.05) is 18.0 Å². The number of alkyl halides is 3. The molecule has 0 radical (unpaired) electrons. The molecular formula is C15H15F3N4O. The molecule has 0 spiro atoms. The molecule has 1 aliphatic heterocycles. The number of aromatic nitrogens is 2. The van der Waals surface area contributed by atoms with Crippen LogP contribution in [0.2, 0.25) is 0 Å². The molecule has 3 rings (SSSR count). The number of benzene rings is 1. The van der Waals surface area contributed by atoms with Crippen LogP contribution >= 0.6 is 0 Å². The van der Waals surface area contributed by atoms with E-state index in [9.17, 15) is 18.0 Å². The summed E-state index contributed by atoms with van der Waals surface area (Å²) in [5, 5.41) is 0.533. The molecule has 1 saturated heterocycles. The molecule has 0 saturated carbocycles. The number of hydrogen-bond acceptors (Lipinski definition) is 4. The smallest absolute Gasteiger partial charge is 0.369 e. The standard InChI is InChI=1S/C15H15F3N4O/c16-15(17,18)14-20-11-6-2-1-5-10(11)13(21-14)22-7-3-4-9(8-22)12(19)23/h1-2,5-6,9H,3-4,7-8H2,(H2,19,23)/t9-/m0/s1. The first kappa shape index (κ1) is 15.5. The third-order valence-electron chi connectivity index (χ3n) is 3.96. The monoisotopic (exact) mass is 324 g/mol. The minimum Gasteiger partial charge on any atom is -0.369 e. The van der Waals surface area contributed by atoms with Crippen LogP contribution in [-0.2, 0) is 11.0 Å². The van der Waals surface area contributed by atoms with Gasteiger partial charge in [-0.3, -0.25) is 4.79 Å². The van der Waals surface area contributed by atoms with Gasteiger partial charge in [-0.15, -0.1) is 0 Å². The van der Waals surface area contributed by atoms with Crippen LogP contribution in [0.25, 0.3) is 10.9 Å². The second-order valence-corrected chi connectivity index (χ2v) is 5.57. The molecule has 1 amide bonds. The van der Waals surface area contributed by atoms with E-state index in [1.165, 1.54) is 6.07 Å². The number of halogens is 3. The fourth-order valence-electron chi connectivity index (χ4n) is 2.83. The van der Waals surface area contributed by atoms with Crippen molar-refractivity contribution in [2.45, 2.75) is 19.0 Å². The molecule has 2 aromatic rings. The summed E-state index contributed by atoms with van der Waals surface area (Å²) in [6.07, 6.45) is -3.31. The summed E-state index contributed by atoms with van der Waals surface area (Å²) in [6.45, 7) is 0.801. The van der Waals surface area contributed by atoms with Crippen LogP contribution in [0.3, 0.4) is 0 Å². The molecule has 1 aliphatic rings.